The van der Waals surface area contributed by atoms with Crippen LogP contribution in [0.5, 0.6) is 11.5 Å². The van der Waals surface area contributed by atoms with E-state index in [0.29, 0.717) is 17.0 Å². The minimum atomic E-state index is -5.08. The zero-order valence-electron chi connectivity index (χ0n) is 19.1. The molecule has 10 nitrogen and oxygen atoms in total. The highest BCUT2D eigenvalue weighted by Gasteiger charge is 2.38. The molecule has 0 aliphatic heterocycles. The summed E-state index contributed by atoms with van der Waals surface area (Å²) in [5.41, 5.74) is 0.876. The fraction of sp³-hybridized carbons (Fsp3) is 0.273. The van der Waals surface area contributed by atoms with Gasteiger partial charge in [0.15, 0.2) is 11.5 Å². The molecule has 0 aliphatic carbocycles. The standard InChI is InChI=1S/C20H22N4O4.C2HF3O2/c1-20(2,3)17-12(21-10-22-17)9-14-19(27)23-13(18(26)24-14)7-11-5-6-16(28-4)15(25)8-11;3-2(4,5)1(6)7/h5-10,25H,1-4H3,(H,21,22)(H,23,27)(H,24,26);(H,6,7)/b13-7-,14-9-;. The minimum Gasteiger partial charge on any atom is -0.504 e. The van der Waals surface area contributed by atoms with Crippen molar-refractivity contribution in [3.8, 4) is 11.5 Å². The van der Waals surface area contributed by atoms with E-state index in [1.165, 1.54) is 19.3 Å². The zero-order chi connectivity index (χ0) is 26.6. The highest BCUT2D eigenvalue weighted by atomic mass is 19.4. The predicted molar refractivity (Wildman–Crippen MR) is 120 cm³/mol. The number of aromatic amines is 3. The largest absolute Gasteiger partial charge is 0.504 e. The number of H-pyrrole nitrogens is 3. The van der Waals surface area contributed by atoms with Crippen LogP contribution in [0.25, 0.3) is 12.2 Å². The van der Waals surface area contributed by atoms with Crippen LogP contribution in [0, 0.1) is 0 Å². The van der Waals surface area contributed by atoms with Gasteiger partial charge in [0.1, 0.15) is 10.7 Å². The summed E-state index contributed by atoms with van der Waals surface area (Å²) in [4.78, 5) is 46.2. The first-order valence-electron chi connectivity index (χ1n) is 9.90. The van der Waals surface area contributed by atoms with Crippen molar-refractivity contribution in [1.82, 2.24) is 19.9 Å². The van der Waals surface area contributed by atoms with E-state index in [9.17, 15) is 27.9 Å². The number of methoxy groups -OCH3 is 1. The van der Waals surface area contributed by atoms with Crippen molar-refractivity contribution in [3.05, 3.63) is 72.9 Å². The Morgan fingerprint density at radius 3 is 2.06 bits per heavy atom. The molecule has 35 heavy (non-hydrogen) atoms. The maximum Gasteiger partial charge on any atom is 0.490 e. The molecular weight excluding hydrogens is 473 g/mol. The van der Waals surface area contributed by atoms with Gasteiger partial charge in [-0.15, -0.1) is 0 Å². The lowest BCUT2D eigenvalue weighted by Gasteiger charge is -2.16. The Kier molecular flexibility index (Phi) is 7.95. The lowest BCUT2D eigenvalue weighted by molar-refractivity contribution is -0.192. The van der Waals surface area contributed by atoms with Gasteiger partial charge in [-0.05, 0) is 29.8 Å². The Morgan fingerprint density at radius 2 is 1.60 bits per heavy atom. The van der Waals surface area contributed by atoms with Gasteiger partial charge in [-0.25, -0.2) is 9.78 Å². The number of rotatable bonds is 3. The Morgan fingerprint density at radius 1 is 1.06 bits per heavy atom. The fourth-order valence-corrected chi connectivity index (χ4v) is 2.81. The Labute approximate surface area is 195 Å². The summed E-state index contributed by atoms with van der Waals surface area (Å²) in [7, 11) is 1.44. The van der Waals surface area contributed by atoms with Crippen LogP contribution < -0.4 is 26.6 Å². The molecule has 0 fully saturated rings. The fourth-order valence-electron chi connectivity index (χ4n) is 2.81. The van der Waals surface area contributed by atoms with Crippen molar-refractivity contribution < 1.29 is 32.9 Å². The average Bonchev–Trinajstić information content (AvgIpc) is 3.20. The lowest BCUT2D eigenvalue weighted by Crippen LogP contribution is -2.46. The third kappa shape index (κ3) is 7.09. The summed E-state index contributed by atoms with van der Waals surface area (Å²) in [5, 5.41) is 17.2. The number of aromatic hydroxyl groups is 1. The Hall–Kier alpha value is -4.29. The van der Waals surface area contributed by atoms with E-state index in [1.807, 2.05) is 20.8 Å². The molecule has 0 radical (unpaired) electrons. The van der Waals surface area contributed by atoms with Crippen LogP contribution in [0.1, 0.15) is 37.7 Å². The van der Waals surface area contributed by atoms with Crippen LogP contribution in [-0.4, -0.2) is 49.4 Å². The number of phenolic OH excluding ortho intramolecular Hbond substituents is 1. The number of imidazole rings is 1. The van der Waals surface area contributed by atoms with Gasteiger partial charge < -0.3 is 29.9 Å². The van der Waals surface area contributed by atoms with E-state index in [0.717, 1.165) is 5.69 Å². The molecule has 0 saturated heterocycles. The van der Waals surface area contributed by atoms with Gasteiger partial charge in [0, 0.05) is 11.1 Å². The summed E-state index contributed by atoms with van der Waals surface area (Å²) in [6.07, 6.45) is -0.518. The number of ether oxygens (including phenoxy) is 1. The van der Waals surface area contributed by atoms with Crippen LogP contribution >= 0.6 is 0 Å². The summed E-state index contributed by atoms with van der Waals surface area (Å²) >= 11 is 0. The number of carboxylic acid groups (broad SMARTS) is 1. The molecule has 188 valence electrons. The number of aromatic nitrogens is 4. The molecule has 0 unspecified atom stereocenters. The van der Waals surface area contributed by atoms with Crippen LogP contribution in [0.3, 0.4) is 0 Å². The molecule has 3 aromatic rings. The van der Waals surface area contributed by atoms with Crippen molar-refractivity contribution in [2.24, 2.45) is 0 Å². The molecule has 0 atom stereocenters. The van der Waals surface area contributed by atoms with Crippen LogP contribution in [-0.2, 0) is 10.2 Å². The number of hydrogen-bond acceptors (Lipinski definition) is 6. The van der Waals surface area contributed by atoms with Gasteiger partial charge in [-0.1, -0.05) is 26.8 Å². The number of hydrogen-bond donors (Lipinski definition) is 5. The van der Waals surface area contributed by atoms with Crippen molar-refractivity contribution >= 4 is 18.1 Å². The molecule has 0 spiro atoms. The molecule has 0 aliphatic rings. The summed E-state index contributed by atoms with van der Waals surface area (Å²) in [5.74, 6) is -2.50. The highest BCUT2D eigenvalue weighted by molar-refractivity contribution is 5.73. The van der Waals surface area contributed by atoms with E-state index in [1.54, 1.807) is 24.5 Å². The van der Waals surface area contributed by atoms with Gasteiger partial charge in [0.05, 0.1) is 19.1 Å². The summed E-state index contributed by atoms with van der Waals surface area (Å²) in [6.45, 7) is 6.06. The Balaban J connectivity index is 0.000000540. The number of halogens is 3. The van der Waals surface area contributed by atoms with E-state index < -0.39 is 23.3 Å². The Bertz CT molecular complexity index is 1450. The normalized spacial score (nSPS) is 12.8. The number of carboxylic acids is 1. The molecule has 0 saturated carbocycles. The van der Waals surface area contributed by atoms with Gasteiger partial charge in [-0.2, -0.15) is 13.2 Å². The van der Waals surface area contributed by atoms with Gasteiger partial charge in [0.2, 0.25) is 0 Å². The highest BCUT2D eigenvalue weighted by Crippen LogP contribution is 2.26. The maximum absolute atomic E-state index is 12.5. The number of aliphatic carboxylic acids is 1. The van der Waals surface area contributed by atoms with E-state index in [4.69, 9.17) is 14.6 Å². The maximum atomic E-state index is 12.5. The van der Waals surface area contributed by atoms with Gasteiger partial charge in [0.25, 0.3) is 11.1 Å². The first-order chi connectivity index (χ1) is 16.1. The molecule has 0 bridgehead atoms. The van der Waals surface area contributed by atoms with Gasteiger partial charge in [-0.3, -0.25) is 9.59 Å². The molecule has 13 heteroatoms. The summed E-state index contributed by atoms with van der Waals surface area (Å²) in [6, 6.07) is 4.67. The monoisotopic (exact) mass is 496 g/mol. The van der Waals surface area contributed by atoms with Crippen molar-refractivity contribution in [3.63, 3.8) is 0 Å². The quantitative estimate of drug-likeness (QED) is 0.363. The number of alkyl halides is 3. The lowest BCUT2D eigenvalue weighted by atomic mass is 9.90. The molecule has 0 amide bonds. The third-order valence-electron chi connectivity index (χ3n) is 4.44. The second kappa shape index (κ2) is 10.3. The van der Waals surface area contributed by atoms with Crippen LogP contribution in [0.15, 0.2) is 34.1 Å². The zero-order valence-corrected chi connectivity index (χ0v) is 19.1. The third-order valence-corrected chi connectivity index (χ3v) is 4.44. The van der Waals surface area contributed by atoms with Crippen molar-refractivity contribution in [2.45, 2.75) is 32.4 Å². The molecular formula is C22H23F3N4O6. The minimum absolute atomic E-state index is 0.0618. The van der Waals surface area contributed by atoms with Crippen molar-refractivity contribution in [1.29, 1.82) is 0 Å². The molecule has 1 aromatic carbocycles. The molecule has 2 aromatic heterocycles. The number of nitrogens with one attached hydrogen (secondary N) is 3. The smallest absolute Gasteiger partial charge is 0.490 e. The van der Waals surface area contributed by atoms with Crippen molar-refractivity contribution in [2.75, 3.05) is 7.11 Å². The predicted octanol–water partition coefficient (Wildman–Crippen LogP) is 1.09. The topological polar surface area (TPSA) is 161 Å². The number of benzene rings is 1. The van der Waals surface area contributed by atoms with E-state index in [2.05, 4.69) is 19.9 Å². The molecule has 3 rings (SSSR count). The first kappa shape index (κ1) is 27.0. The van der Waals surface area contributed by atoms with Crippen LogP contribution in [0.4, 0.5) is 13.2 Å². The second-order valence-electron chi connectivity index (χ2n) is 8.17. The SMILES string of the molecule is COc1ccc(/C=c2\[nH]c(=O)/c(=C/c3nc[nH]c3C(C)(C)C)[nH]c2=O)cc1O.O=C(O)C(F)(F)F. The second-order valence-corrected chi connectivity index (χ2v) is 8.17. The van der Waals surface area contributed by atoms with Crippen LogP contribution in [0.2, 0.25) is 0 Å². The number of phenols is 1. The first-order valence-corrected chi connectivity index (χ1v) is 9.90. The number of carbonyl (C=O) groups is 1. The summed E-state index contributed by atoms with van der Waals surface area (Å²) < 4.78 is 36.7. The molecule has 2 heterocycles. The number of nitrogens with zero attached hydrogens (tertiary/aromatic N) is 1. The van der Waals surface area contributed by atoms with E-state index in [-0.39, 0.29) is 21.9 Å². The van der Waals surface area contributed by atoms with Gasteiger partial charge >= 0.3 is 12.1 Å². The molecule has 5 N–H and O–H groups in total. The van der Waals surface area contributed by atoms with E-state index >= 15 is 0 Å². The average molecular weight is 496 g/mol.